The molecule has 0 bridgehead atoms. The summed E-state index contributed by atoms with van der Waals surface area (Å²) in [6.07, 6.45) is 1.31. The van der Waals surface area contributed by atoms with Crippen molar-refractivity contribution in [2.24, 2.45) is 0 Å². The molecular formula is C11H17NO2S. The number of carbonyl (C=O) groups excluding carboxylic acids is 1. The highest BCUT2D eigenvalue weighted by Gasteiger charge is 2.05. The van der Waals surface area contributed by atoms with Gasteiger partial charge in [-0.25, -0.2) is 0 Å². The van der Waals surface area contributed by atoms with Gasteiger partial charge in [-0.3, -0.25) is 4.79 Å². The molecule has 84 valence electrons. The van der Waals surface area contributed by atoms with Crippen LogP contribution in [0.2, 0.25) is 0 Å². The van der Waals surface area contributed by atoms with E-state index in [4.69, 9.17) is 0 Å². The van der Waals surface area contributed by atoms with Gasteiger partial charge in [-0.05, 0) is 31.3 Å². The molecule has 0 saturated carbocycles. The van der Waals surface area contributed by atoms with Crippen molar-refractivity contribution in [3.63, 3.8) is 0 Å². The molecule has 15 heavy (non-hydrogen) atoms. The first-order valence-electron chi connectivity index (χ1n) is 5.07. The topological polar surface area (TPSA) is 38.3 Å². The van der Waals surface area contributed by atoms with E-state index in [0.717, 1.165) is 13.0 Å². The van der Waals surface area contributed by atoms with Crippen molar-refractivity contribution in [3.05, 3.63) is 22.4 Å². The molecule has 1 heterocycles. The predicted molar refractivity (Wildman–Crippen MR) is 62.0 cm³/mol. The van der Waals surface area contributed by atoms with Gasteiger partial charge in [-0.2, -0.15) is 0 Å². The first-order valence-corrected chi connectivity index (χ1v) is 5.95. The Morgan fingerprint density at radius 3 is 3.07 bits per heavy atom. The fraction of sp³-hybridized carbons (Fsp3) is 0.545. The second-order valence-corrected chi connectivity index (χ2v) is 4.35. The van der Waals surface area contributed by atoms with Gasteiger partial charge >= 0.3 is 5.97 Å². The molecular weight excluding hydrogens is 210 g/mol. The summed E-state index contributed by atoms with van der Waals surface area (Å²) in [7, 11) is 1.42. The SMILES string of the molecule is COC(=O)CCCN[C@@H](C)c1cccs1. The van der Waals surface area contributed by atoms with Gasteiger partial charge in [0, 0.05) is 17.3 Å². The standard InChI is InChI=1S/C11H17NO2S/c1-9(10-5-4-8-15-10)12-7-3-6-11(13)14-2/h4-5,8-9,12H,3,6-7H2,1-2H3/t9-/m0/s1. The fourth-order valence-electron chi connectivity index (χ4n) is 1.29. The molecule has 0 unspecified atom stereocenters. The zero-order valence-corrected chi connectivity index (χ0v) is 9.97. The number of thiophene rings is 1. The lowest BCUT2D eigenvalue weighted by Gasteiger charge is -2.11. The average Bonchev–Trinajstić information content (AvgIpc) is 2.77. The summed E-state index contributed by atoms with van der Waals surface area (Å²) in [4.78, 5) is 12.2. The van der Waals surface area contributed by atoms with Crippen LogP contribution in [-0.2, 0) is 9.53 Å². The lowest BCUT2D eigenvalue weighted by Crippen LogP contribution is -2.19. The number of hydrogen-bond donors (Lipinski definition) is 1. The lowest BCUT2D eigenvalue weighted by molar-refractivity contribution is -0.140. The molecule has 0 saturated heterocycles. The van der Waals surface area contributed by atoms with E-state index in [0.29, 0.717) is 12.5 Å². The molecule has 1 atom stereocenters. The third kappa shape index (κ3) is 4.44. The summed E-state index contributed by atoms with van der Waals surface area (Å²) >= 11 is 1.75. The molecule has 0 fully saturated rings. The van der Waals surface area contributed by atoms with E-state index < -0.39 is 0 Å². The second-order valence-electron chi connectivity index (χ2n) is 3.37. The molecule has 1 rings (SSSR count). The maximum Gasteiger partial charge on any atom is 0.305 e. The normalized spacial score (nSPS) is 12.4. The van der Waals surface area contributed by atoms with Gasteiger partial charge in [0.2, 0.25) is 0 Å². The number of methoxy groups -OCH3 is 1. The summed E-state index contributed by atoms with van der Waals surface area (Å²) in [5, 5.41) is 5.44. The summed E-state index contributed by atoms with van der Waals surface area (Å²) in [5.74, 6) is -0.138. The van der Waals surface area contributed by atoms with Gasteiger partial charge in [0.1, 0.15) is 0 Å². The number of esters is 1. The van der Waals surface area contributed by atoms with Crippen LogP contribution in [0.3, 0.4) is 0 Å². The fourth-order valence-corrected chi connectivity index (χ4v) is 2.05. The molecule has 1 aromatic heterocycles. The van der Waals surface area contributed by atoms with E-state index in [-0.39, 0.29) is 5.97 Å². The van der Waals surface area contributed by atoms with E-state index in [1.54, 1.807) is 11.3 Å². The van der Waals surface area contributed by atoms with Gasteiger partial charge in [0.15, 0.2) is 0 Å². The van der Waals surface area contributed by atoms with Crippen LogP contribution in [0, 0.1) is 0 Å². The summed E-state index contributed by atoms with van der Waals surface area (Å²) in [5.41, 5.74) is 0. The van der Waals surface area contributed by atoms with Crippen LogP contribution in [0.4, 0.5) is 0 Å². The maximum atomic E-state index is 10.8. The second kappa shape index (κ2) is 6.58. The van der Waals surface area contributed by atoms with E-state index in [1.165, 1.54) is 12.0 Å². The van der Waals surface area contributed by atoms with Crippen LogP contribution in [0.15, 0.2) is 17.5 Å². The number of ether oxygens (including phenoxy) is 1. The Hall–Kier alpha value is -0.870. The highest BCUT2D eigenvalue weighted by molar-refractivity contribution is 7.10. The van der Waals surface area contributed by atoms with E-state index in [9.17, 15) is 4.79 Å². The zero-order valence-electron chi connectivity index (χ0n) is 9.16. The summed E-state index contributed by atoms with van der Waals surface area (Å²) in [6.45, 7) is 2.97. The van der Waals surface area contributed by atoms with Crippen molar-refractivity contribution >= 4 is 17.3 Å². The molecule has 0 spiro atoms. The Balaban J connectivity index is 2.13. The largest absolute Gasteiger partial charge is 0.469 e. The van der Waals surface area contributed by atoms with Crippen molar-refractivity contribution in [1.82, 2.24) is 5.32 Å². The first kappa shape index (κ1) is 12.2. The third-order valence-corrected chi connectivity index (χ3v) is 3.26. The molecule has 0 amide bonds. The molecule has 0 aliphatic heterocycles. The minimum absolute atomic E-state index is 0.138. The van der Waals surface area contributed by atoms with Crippen LogP contribution >= 0.6 is 11.3 Å². The molecule has 0 radical (unpaired) electrons. The Bertz CT molecular complexity index is 285. The Labute approximate surface area is 94.5 Å². The monoisotopic (exact) mass is 227 g/mol. The number of nitrogens with one attached hydrogen (secondary N) is 1. The molecule has 0 aromatic carbocycles. The number of hydrogen-bond acceptors (Lipinski definition) is 4. The van der Waals surface area contributed by atoms with Gasteiger partial charge in [-0.15, -0.1) is 11.3 Å². The van der Waals surface area contributed by atoms with Crippen molar-refractivity contribution in [2.75, 3.05) is 13.7 Å². The van der Waals surface area contributed by atoms with Crippen LogP contribution in [0.5, 0.6) is 0 Å². The summed E-state index contributed by atoms with van der Waals surface area (Å²) < 4.78 is 4.56. The zero-order chi connectivity index (χ0) is 11.1. The first-order chi connectivity index (χ1) is 7.24. The van der Waals surface area contributed by atoms with E-state index in [1.807, 2.05) is 6.07 Å². The van der Waals surface area contributed by atoms with Crippen LogP contribution in [-0.4, -0.2) is 19.6 Å². The average molecular weight is 227 g/mol. The quantitative estimate of drug-likeness (QED) is 0.599. The summed E-state index contributed by atoms with van der Waals surface area (Å²) in [6, 6.07) is 4.53. The Morgan fingerprint density at radius 1 is 1.67 bits per heavy atom. The van der Waals surface area contributed by atoms with E-state index >= 15 is 0 Å². The van der Waals surface area contributed by atoms with Gasteiger partial charge < -0.3 is 10.1 Å². The number of rotatable bonds is 6. The van der Waals surface area contributed by atoms with Gasteiger partial charge in [-0.1, -0.05) is 6.07 Å². The Kier molecular flexibility index (Phi) is 5.36. The van der Waals surface area contributed by atoms with Crippen LogP contribution in [0.1, 0.15) is 30.7 Å². The minimum Gasteiger partial charge on any atom is -0.469 e. The molecule has 0 aliphatic carbocycles. The molecule has 1 N–H and O–H groups in total. The smallest absolute Gasteiger partial charge is 0.305 e. The van der Waals surface area contributed by atoms with Crippen LogP contribution in [0.25, 0.3) is 0 Å². The third-order valence-electron chi connectivity index (χ3n) is 2.21. The molecule has 4 heteroatoms. The van der Waals surface area contributed by atoms with Crippen molar-refractivity contribution in [3.8, 4) is 0 Å². The van der Waals surface area contributed by atoms with Crippen LogP contribution < -0.4 is 5.32 Å². The van der Waals surface area contributed by atoms with Gasteiger partial charge in [0.05, 0.1) is 7.11 Å². The molecule has 0 aliphatic rings. The van der Waals surface area contributed by atoms with Crippen molar-refractivity contribution < 1.29 is 9.53 Å². The highest BCUT2D eigenvalue weighted by atomic mass is 32.1. The molecule has 3 nitrogen and oxygen atoms in total. The maximum absolute atomic E-state index is 10.8. The predicted octanol–water partition coefficient (Wildman–Crippen LogP) is 2.35. The highest BCUT2D eigenvalue weighted by Crippen LogP contribution is 2.17. The van der Waals surface area contributed by atoms with E-state index in [2.05, 4.69) is 28.4 Å². The molecule has 1 aromatic rings. The number of carbonyl (C=O) groups is 1. The lowest BCUT2D eigenvalue weighted by atomic mass is 10.2. The Morgan fingerprint density at radius 2 is 2.47 bits per heavy atom. The minimum atomic E-state index is -0.138. The van der Waals surface area contributed by atoms with Crippen molar-refractivity contribution in [2.45, 2.75) is 25.8 Å². The van der Waals surface area contributed by atoms with Crippen molar-refractivity contribution in [1.29, 1.82) is 0 Å². The van der Waals surface area contributed by atoms with Gasteiger partial charge in [0.25, 0.3) is 0 Å².